The molecule has 0 aliphatic carbocycles. The lowest BCUT2D eigenvalue weighted by Gasteiger charge is -2.32. The molecule has 2 aromatic carbocycles. The number of benzene rings is 2. The third-order valence-corrected chi connectivity index (χ3v) is 5.60. The van der Waals surface area contributed by atoms with Gasteiger partial charge in [0.2, 0.25) is 5.91 Å². The molecule has 0 radical (unpaired) electrons. The lowest BCUT2D eigenvalue weighted by atomic mass is 9.78. The number of halogens is 1. The summed E-state index contributed by atoms with van der Waals surface area (Å²) in [5, 5.41) is 3.37. The van der Waals surface area contributed by atoms with Gasteiger partial charge in [0.15, 0.2) is 0 Å². The Balaban J connectivity index is 0.00000182. The highest BCUT2D eigenvalue weighted by Crippen LogP contribution is 2.40. The topological polar surface area (TPSA) is 32.3 Å². The molecule has 0 aromatic heterocycles. The van der Waals surface area contributed by atoms with Gasteiger partial charge in [0.05, 0.1) is 5.41 Å². The molecule has 4 rings (SSSR count). The van der Waals surface area contributed by atoms with Crippen LogP contribution in [0.4, 0.5) is 0 Å². The number of hydrogen-bond donors (Lipinski definition) is 1. The molecule has 2 heterocycles. The van der Waals surface area contributed by atoms with Gasteiger partial charge < -0.3 is 10.2 Å². The third-order valence-electron chi connectivity index (χ3n) is 5.60. The zero-order valence-corrected chi connectivity index (χ0v) is 15.2. The predicted octanol–water partition coefficient (Wildman–Crippen LogP) is 3.88. The standard InChI is InChI=1S/C21H24N2O.ClH/c24-20-21(10-13-22-14-11-21)12-15-23(20)16-17-6-8-19(9-7-17)18-4-2-1-3-5-18;/h1-9,22H,10-16H2;1H. The summed E-state index contributed by atoms with van der Waals surface area (Å²) in [5.41, 5.74) is 3.60. The minimum Gasteiger partial charge on any atom is -0.338 e. The molecule has 2 saturated heterocycles. The summed E-state index contributed by atoms with van der Waals surface area (Å²) in [6.07, 6.45) is 3.01. The minimum absolute atomic E-state index is 0. The average molecular weight is 357 g/mol. The van der Waals surface area contributed by atoms with Crippen LogP contribution in [0.1, 0.15) is 24.8 Å². The van der Waals surface area contributed by atoms with E-state index in [4.69, 9.17) is 0 Å². The summed E-state index contributed by atoms with van der Waals surface area (Å²) in [6, 6.07) is 19.0. The van der Waals surface area contributed by atoms with E-state index >= 15 is 0 Å². The summed E-state index contributed by atoms with van der Waals surface area (Å²) in [4.78, 5) is 14.9. The molecule has 2 aliphatic heterocycles. The highest BCUT2D eigenvalue weighted by atomic mass is 35.5. The monoisotopic (exact) mass is 356 g/mol. The zero-order valence-electron chi connectivity index (χ0n) is 14.4. The number of likely N-dealkylation sites (tertiary alicyclic amines) is 1. The van der Waals surface area contributed by atoms with Crippen LogP contribution in [0.2, 0.25) is 0 Å². The molecule has 4 heteroatoms. The number of hydrogen-bond acceptors (Lipinski definition) is 2. The second kappa shape index (κ2) is 7.59. The van der Waals surface area contributed by atoms with E-state index in [9.17, 15) is 4.79 Å². The molecule has 25 heavy (non-hydrogen) atoms. The Hall–Kier alpha value is -1.84. The average Bonchev–Trinajstić information content (AvgIpc) is 2.93. The van der Waals surface area contributed by atoms with E-state index in [0.717, 1.165) is 45.4 Å². The van der Waals surface area contributed by atoms with E-state index in [-0.39, 0.29) is 17.8 Å². The molecule has 2 aromatic rings. The summed E-state index contributed by atoms with van der Waals surface area (Å²) in [5.74, 6) is 0.371. The quantitative estimate of drug-likeness (QED) is 0.905. The van der Waals surface area contributed by atoms with Crippen molar-refractivity contribution in [3.05, 3.63) is 60.2 Å². The fourth-order valence-corrected chi connectivity index (χ4v) is 4.07. The van der Waals surface area contributed by atoms with Crippen molar-refractivity contribution in [2.24, 2.45) is 5.41 Å². The van der Waals surface area contributed by atoms with Crippen molar-refractivity contribution in [3.8, 4) is 11.1 Å². The number of nitrogens with zero attached hydrogens (tertiary/aromatic N) is 1. The molecule has 132 valence electrons. The van der Waals surface area contributed by atoms with E-state index in [1.807, 2.05) is 6.07 Å². The number of nitrogens with one attached hydrogen (secondary N) is 1. The normalized spacial score (nSPS) is 19.0. The first kappa shape index (κ1) is 18.0. The van der Waals surface area contributed by atoms with Crippen molar-refractivity contribution in [3.63, 3.8) is 0 Å². The van der Waals surface area contributed by atoms with Crippen molar-refractivity contribution in [2.75, 3.05) is 19.6 Å². The molecule has 1 spiro atoms. The van der Waals surface area contributed by atoms with Gasteiger partial charge >= 0.3 is 0 Å². The van der Waals surface area contributed by atoms with E-state index < -0.39 is 0 Å². The van der Waals surface area contributed by atoms with E-state index in [1.54, 1.807) is 0 Å². The van der Waals surface area contributed by atoms with Gasteiger partial charge in [-0.15, -0.1) is 12.4 Å². The molecule has 0 saturated carbocycles. The Bertz CT molecular complexity index is 708. The van der Waals surface area contributed by atoms with Crippen molar-refractivity contribution >= 4 is 18.3 Å². The molecule has 0 bridgehead atoms. The maximum absolute atomic E-state index is 12.9. The lowest BCUT2D eigenvalue weighted by molar-refractivity contribution is -0.137. The van der Waals surface area contributed by atoms with Crippen molar-refractivity contribution in [2.45, 2.75) is 25.8 Å². The largest absolute Gasteiger partial charge is 0.338 e. The second-order valence-corrected chi connectivity index (χ2v) is 7.07. The molecule has 1 amide bonds. The van der Waals surface area contributed by atoms with Crippen LogP contribution in [0.3, 0.4) is 0 Å². The molecular formula is C21H25ClN2O. The van der Waals surface area contributed by atoms with Crippen LogP contribution >= 0.6 is 12.4 Å². The van der Waals surface area contributed by atoms with Gasteiger partial charge in [-0.3, -0.25) is 4.79 Å². The zero-order chi connectivity index (χ0) is 16.4. The molecule has 2 fully saturated rings. The maximum Gasteiger partial charge on any atom is 0.229 e. The van der Waals surface area contributed by atoms with Crippen LogP contribution in [-0.2, 0) is 11.3 Å². The molecular weight excluding hydrogens is 332 g/mol. The fraction of sp³-hybridized carbons (Fsp3) is 0.381. The Morgan fingerprint density at radius 2 is 1.52 bits per heavy atom. The number of carbonyl (C=O) groups excluding carboxylic acids is 1. The van der Waals surface area contributed by atoms with Gasteiger partial charge in [0.25, 0.3) is 0 Å². The Morgan fingerprint density at radius 3 is 2.20 bits per heavy atom. The van der Waals surface area contributed by atoms with Gasteiger partial charge in [-0.25, -0.2) is 0 Å². The molecule has 1 N–H and O–H groups in total. The van der Waals surface area contributed by atoms with E-state index in [2.05, 4.69) is 58.7 Å². The Morgan fingerprint density at radius 1 is 0.880 bits per heavy atom. The summed E-state index contributed by atoms with van der Waals surface area (Å²) >= 11 is 0. The Labute approximate surface area is 155 Å². The maximum atomic E-state index is 12.9. The number of piperidine rings is 1. The van der Waals surface area contributed by atoms with Crippen molar-refractivity contribution in [1.29, 1.82) is 0 Å². The number of amides is 1. The molecule has 0 atom stereocenters. The van der Waals surface area contributed by atoms with Gasteiger partial charge in [0, 0.05) is 13.1 Å². The Kier molecular flexibility index (Phi) is 5.45. The second-order valence-electron chi connectivity index (χ2n) is 7.07. The first-order valence-electron chi connectivity index (χ1n) is 8.91. The predicted molar refractivity (Wildman–Crippen MR) is 104 cm³/mol. The summed E-state index contributed by atoms with van der Waals surface area (Å²) in [7, 11) is 0. The van der Waals surface area contributed by atoms with Crippen LogP contribution in [0, 0.1) is 5.41 Å². The molecule has 3 nitrogen and oxygen atoms in total. The van der Waals surface area contributed by atoms with Crippen molar-refractivity contribution in [1.82, 2.24) is 10.2 Å². The van der Waals surface area contributed by atoms with Gasteiger partial charge in [-0.2, -0.15) is 0 Å². The van der Waals surface area contributed by atoms with E-state index in [1.165, 1.54) is 16.7 Å². The lowest BCUT2D eigenvalue weighted by Crippen LogP contribution is -2.42. The highest BCUT2D eigenvalue weighted by Gasteiger charge is 2.46. The van der Waals surface area contributed by atoms with E-state index in [0.29, 0.717) is 5.91 Å². The fourth-order valence-electron chi connectivity index (χ4n) is 4.07. The first-order chi connectivity index (χ1) is 11.8. The van der Waals surface area contributed by atoms with Gasteiger partial charge in [-0.1, -0.05) is 54.6 Å². The van der Waals surface area contributed by atoms with Crippen LogP contribution in [-0.4, -0.2) is 30.4 Å². The summed E-state index contributed by atoms with van der Waals surface area (Å²) in [6.45, 7) is 3.60. The van der Waals surface area contributed by atoms with Crippen LogP contribution in [0.15, 0.2) is 54.6 Å². The SMILES string of the molecule is Cl.O=C1N(Cc2ccc(-c3ccccc3)cc2)CCC12CCNCC2. The van der Waals surface area contributed by atoms with Gasteiger partial charge in [-0.05, 0) is 49.0 Å². The number of carbonyl (C=O) groups is 1. The van der Waals surface area contributed by atoms with Crippen LogP contribution in [0.5, 0.6) is 0 Å². The minimum atomic E-state index is -0.0742. The van der Waals surface area contributed by atoms with Crippen LogP contribution < -0.4 is 5.32 Å². The van der Waals surface area contributed by atoms with Crippen LogP contribution in [0.25, 0.3) is 11.1 Å². The third kappa shape index (κ3) is 3.58. The molecule has 2 aliphatic rings. The molecule has 0 unspecified atom stereocenters. The first-order valence-corrected chi connectivity index (χ1v) is 8.91. The smallest absolute Gasteiger partial charge is 0.229 e. The number of rotatable bonds is 3. The highest BCUT2D eigenvalue weighted by molar-refractivity contribution is 5.85. The van der Waals surface area contributed by atoms with Crippen molar-refractivity contribution < 1.29 is 4.79 Å². The van der Waals surface area contributed by atoms with Gasteiger partial charge in [0.1, 0.15) is 0 Å². The summed E-state index contributed by atoms with van der Waals surface area (Å²) < 4.78 is 0.